The first-order valence-corrected chi connectivity index (χ1v) is 8.80. The number of H-pyrrole nitrogens is 1. The van der Waals surface area contributed by atoms with Gasteiger partial charge in [0.15, 0.2) is 0 Å². The molecule has 24 heavy (non-hydrogen) atoms. The second-order valence-electron chi connectivity index (χ2n) is 7.10. The first-order valence-electron chi connectivity index (χ1n) is 8.80. The molecule has 1 aliphatic carbocycles. The van der Waals surface area contributed by atoms with Crippen LogP contribution in [-0.4, -0.2) is 65.5 Å². The molecule has 132 valence electrons. The van der Waals surface area contributed by atoms with Crippen molar-refractivity contribution in [1.82, 2.24) is 25.3 Å². The summed E-state index contributed by atoms with van der Waals surface area (Å²) in [4.78, 5) is 28.3. The van der Waals surface area contributed by atoms with Gasteiger partial charge in [0, 0.05) is 31.7 Å². The van der Waals surface area contributed by atoms with E-state index in [0.29, 0.717) is 26.1 Å². The van der Waals surface area contributed by atoms with Crippen LogP contribution in [0.5, 0.6) is 0 Å². The van der Waals surface area contributed by atoms with Gasteiger partial charge in [0.2, 0.25) is 11.8 Å². The molecule has 7 nitrogen and oxygen atoms in total. The number of rotatable bonds is 6. The highest BCUT2D eigenvalue weighted by Gasteiger charge is 2.34. The molecule has 1 atom stereocenters. The van der Waals surface area contributed by atoms with E-state index < -0.39 is 0 Å². The van der Waals surface area contributed by atoms with Crippen molar-refractivity contribution in [3.8, 4) is 0 Å². The summed E-state index contributed by atoms with van der Waals surface area (Å²) < 4.78 is 0. The molecule has 1 fully saturated rings. The first kappa shape index (κ1) is 17.0. The molecule has 0 radical (unpaired) electrons. The average molecular weight is 333 g/mol. The number of amides is 2. The number of nitrogens with zero attached hydrogens (tertiary/aromatic N) is 3. The Morgan fingerprint density at radius 2 is 2.17 bits per heavy atom. The standard InChI is InChI=1S/C17H27N5O2/c1-21(2)7-8-22-11-12(9-16(22)23)17(24)18-10-15-13-5-3-4-6-14(13)19-20-15/h12H,3-11H2,1-2H3,(H,18,24)(H,19,20). The van der Waals surface area contributed by atoms with Gasteiger partial charge in [-0.2, -0.15) is 5.10 Å². The SMILES string of the molecule is CN(C)CCN1CC(C(=O)NCc2n[nH]c3c2CCCC3)CC1=O. The van der Waals surface area contributed by atoms with Crippen molar-refractivity contribution in [2.75, 3.05) is 33.7 Å². The van der Waals surface area contributed by atoms with Crippen molar-refractivity contribution in [2.24, 2.45) is 5.92 Å². The van der Waals surface area contributed by atoms with Crippen LogP contribution in [0.25, 0.3) is 0 Å². The van der Waals surface area contributed by atoms with E-state index in [1.807, 2.05) is 19.0 Å². The van der Waals surface area contributed by atoms with Gasteiger partial charge < -0.3 is 15.1 Å². The number of nitrogens with one attached hydrogen (secondary N) is 2. The van der Waals surface area contributed by atoms with Crippen LogP contribution in [0.4, 0.5) is 0 Å². The van der Waals surface area contributed by atoms with E-state index >= 15 is 0 Å². The molecule has 2 aliphatic rings. The molecule has 1 unspecified atom stereocenters. The van der Waals surface area contributed by atoms with Gasteiger partial charge in [0.1, 0.15) is 0 Å². The lowest BCUT2D eigenvalue weighted by atomic mass is 9.96. The van der Waals surface area contributed by atoms with Gasteiger partial charge >= 0.3 is 0 Å². The van der Waals surface area contributed by atoms with Crippen molar-refractivity contribution < 1.29 is 9.59 Å². The van der Waals surface area contributed by atoms with Gasteiger partial charge in [-0.1, -0.05) is 0 Å². The van der Waals surface area contributed by atoms with E-state index in [9.17, 15) is 9.59 Å². The predicted octanol–water partition coefficient (Wildman–Crippen LogP) is 0.315. The van der Waals surface area contributed by atoms with Crippen LogP contribution in [0.2, 0.25) is 0 Å². The van der Waals surface area contributed by atoms with E-state index in [1.165, 1.54) is 24.1 Å². The van der Waals surface area contributed by atoms with Crippen molar-refractivity contribution in [3.63, 3.8) is 0 Å². The zero-order chi connectivity index (χ0) is 17.1. The smallest absolute Gasteiger partial charge is 0.225 e. The van der Waals surface area contributed by atoms with Crippen LogP contribution in [0, 0.1) is 5.92 Å². The number of likely N-dealkylation sites (tertiary alicyclic amines) is 1. The molecule has 1 aliphatic heterocycles. The van der Waals surface area contributed by atoms with Gasteiger partial charge in [-0.3, -0.25) is 14.7 Å². The van der Waals surface area contributed by atoms with E-state index in [0.717, 1.165) is 25.1 Å². The molecule has 1 saturated heterocycles. The van der Waals surface area contributed by atoms with Gasteiger partial charge in [-0.05, 0) is 45.3 Å². The largest absolute Gasteiger partial charge is 0.350 e. The number of aromatic amines is 1. The van der Waals surface area contributed by atoms with E-state index in [4.69, 9.17) is 0 Å². The second-order valence-corrected chi connectivity index (χ2v) is 7.10. The first-order chi connectivity index (χ1) is 11.5. The molecule has 7 heteroatoms. The minimum Gasteiger partial charge on any atom is -0.350 e. The molecular weight excluding hydrogens is 306 g/mol. The van der Waals surface area contributed by atoms with Crippen LogP contribution in [0.1, 0.15) is 36.2 Å². The molecule has 0 aromatic carbocycles. The fourth-order valence-electron chi connectivity index (χ4n) is 3.50. The number of carbonyl (C=O) groups excluding carboxylic acids is 2. The van der Waals surface area contributed by atoms with E-state index in [-0.39, 0.29) is 17.7 Å². The van der Waals surface area contributed by atoms with Crippen LogP contribution in [0.3, 0.4) is 0 Å². The Morgan fingerprint density at radius 3 is 2.96 bits per heavy atom. The molecule has 0 spiro atoms. The highest BCUT2D eigenvalue weighted by atomic mass is 16.2. The summed E-state index contributed by atoms with van der Waals surface area (Å²) in [5.74, 6) is -0.202. The topological polar surface area (TPSA) is 81.3 Å². The Balaban J connectivity index is 1.51. The quantitative estimate of drug-likeness (QED) is 0.785. The predicted molar refractivity (Wildman–Crippen MR) is 90.3 cm³/mol. The zero-order valence-corrected chi connectivity index (χ0v) is 14.6. The minimum atomic E-state index is -0.241. The number of aryl methyl sites for hydroxylation is 1. The van der Waals surface area contributed by atoms with E-state index in [2.05, 4.69) is 15.5 Å². The number of hydrogen-bond acceptors (Lipinski definition) is 4. The number of hydrogen-bond donors (Lipinski definition) is 2. The van der Waals surface area contributed by atoms with Crippen LogP contribution < -0.4 is 5.32 Å². The average Bonchev–Trinajstić information content (AvgIpc) is 3.14. The molecular formula is C17H27N5O2. The number of fused-ring (bicyclic) bond motifs is 1. The number of aromatic nitrogens is 2. The summed E-state index contributed by atoms with van der Waals surface area (Å²) in [6, 6.07) is 0. The van der Waals surface area contributed by atoms with Crippen LogP contribution in [-0.2, 0) is 29.0 Å². The lowest BCUT2D eigenvalue weighted by Crippen LogP contribution is -2.35. The highest BCUT2D eigenvalue weighted by Crippen LogP contribution is 2.22. The van der Waals surface area contributed by atoms with Gasteiger partial charge in [-0.15, -0.1) is 0 Å². The molecule has 2 heterocycles. The fraction of sp³-hybridized carbons (Fsp3) is 0.706. The molecule has 2 N–H and O–H groups in total. The van der Waals surface area contributed by atoms with E-state index in [1.54, 1.807) is 4.90 Å². The maximum absolute atomic E-state index is 12.4. The number of likely N-dealkylation sites (N-methyl/N-ethyl adjacent to an activating group) is 1. The zero-order valence-electron chi connectivity index (χ0n) is 14.6. The minimum absolute atomic E-state index is 0.0386. The Labute approximate surface area is 142 Å². The molecule has 3 rings (SSSR count). The summed E-state index contributed by atoms with van der Waals surface area (Å²) in [7, 11) is 3.96. The highest BCUT2D eigenvalue weighted by molar-refractivity contribution is 5.89. The Morgan fingerprint density at radius 1 is 1.38 bits per heavy atom. The maximum atomic E-state index is 12.4. The lowest BCUT2D eigenvalue weighted by Gasteiger charge is -2.19. The van der Waals surface area contributed by atoms with Crippen molar-refractivity contribution in [2.45, 2.75) is 38.6 Å². The van der Waals surface area contributed by atoms with Crippen molar-refractivity contribution in [3.05, 3.63) is 17.0 Å². The molecule has 2 amide bonds. The Bertz CT molecular complexity index is 610. The molecule has 1 aromatic rings. The van der Waals surface area contributed by atoms with Gasteiger partial charge in [0.25, 0.3) is 0 Å². The fourth-order valence-corrected chi connectivity index (χ4v) is 3.50. The third kappa shape index (κ3) is 3.77. The van der Waals surface area contributed by atoms with Crippen LogP contribution in [0.15, 0.2) is 0 Å². The second kappa shape index (κ2) is 7.34. The van der Waals surface area contributed by atoms with Gasteiger partial charge in [0.05, 0.1) is 18.2 Å². The normalized spacial score (nSPS) is 20.5. The Hall–Kier alpha value is -1.89. The van der Waals surface area contributed by atoms with Crippen molar-refractivity contribution >= 4 is 11.8 Å². The third-order valence-electron chi connectivity index (χ3n) is 4.97. The van der Waals surface area contributed by atoms with Crippen molar-refractivity contribution in [1.29, 1.82) is 0 Å². The summed E-state index contributed by atoms with van der Waals surface area (Å²) in [5.41, 5.74) is 3.44. The number of carbonyl (C=O) groups is 2. The summed E-state index contributed by atoms with van der Waals surface area (Å²) in [6.45, 7) is 2.48. The summed E-state index contributed by atoms with van der Waals surface area (Å²) in [6.07, 6.45) is 4.79. The monoisotopic (exact) mass is 333 g/mol. The van der Waals surface area contributed by atoms with Crippen LogP contribution >= 0.6 is 0 Å². The molecule has 1 aromatic heterocycles. The lowest BCUT2D eigenvalue weighted by molar-refractivity contribution is -0.129. The van der Waals surface area contributed by atoms with Gasteiger partial charge in [-0.25, -0.2) is 0 Å². The summed E-state index contributed by atoms with van der Waals surface area (Å²) >= 11 is 0. The third-order valence-corrected chi connectivity index (χ3v) is 4.97. The molecule has 0 saturated carbocycles. The molecule has 0 bridgehead atoms. The Kier molecular flexibility index (Phi) is 5.18. The summed E-state index contributed by atoms with van der Waals surface area (Å²) in [5, 5.41) is 10.4. The maximum Gasteiger partial charge on any atom is 0.225 e.